The van der Waals surface area contributed by atoms with Gasteiger partial charge in [0.2, 0.25) is 5.91 Å². The average Bonchev–Trinajstić information content (AvgIpc) is 2.52. The normalized spacial score (nSPS) is 15.0. The van der Waals surface area contributed by atoms with Gasteiger partial charge in [-0.25, -0.2) is 0 Å². The third-order valence-electron chi connectivity index (χ3n) is 3.94. The van der Waals surface area contributed by atoms with E-state index in [1.165, 1.54) is 19.3 Å². The van der Waals surface area contributed by atoms with Gasteiger partial charge in [-0.3, -0.25) is 4.79 Å². The van der Waals surface area contributed by atoms with Gasteiger partial charge in [-0.2, -0.15) is 0 Å². The van der Waals surface area contributed by atoms with Crippen LogP contribution in [0.15, 0.2) is 24.3 Å². The Labute approximate surface area is 127 Å². The summed E-state index contributed by atoms with van der Waals surface area (Å²) in [5.41, 5.74) is 2.14. The number of nitrogens with zero attached hydrogens (tertiary/aromatic N) is 1. The summed E-state index contributed by atoms with van der Waals surface area (Å²) >= 11 is 0. The summed E-state index contributed by atoms with van der Waals surface area (Å²) in [5.74, 6) is 6.49. The molecule has 1 fully saturated rings. The Morgan fingerprint density at radius 2 is 1.86 bits per heavy atom. The van der Waals surface area contributed by atoms with Gasteiger partial charge < -0.3 is 10.2 Å². The van der Waals surface area contributed by atoms with E-state index in [0.717, 1.165) is 24.1 Å². The molecular formula is C18H24N2O. The zero-order chi connectivity index (χ0) is 15.1. The lowest BCUT2D eigenvalue weighted by Gasteiger charge is -2.19. The Hall–Kier alpha value is -1.95. The van der Waals surface area contributed by atoms with Crippen molar-refractivity contribution in [1.82, 2.24) is 5.32 Å². The van der Waals surface area contributed by atoms with Crippen molar-refractivity contribution in [2.45, 2.75) is 32.1 Å². The van der Waals surface area contributed by atoms with Crippen molar-refractivity contribution in [3.05, 3.63) is 29.8 Å². The molecule has 0 atom stereocenters. The van der Waals surface area contributed by atoms with E-state index >= 15 is 0 Å². The van der Waals surface area contributed by atoms with Crippen LogP contribution in [-0.4, -0.2) is 26.5 Å². The van der Waals surface area contributed by atoms with Crippen LogP contribution in [0.1, 0.15) is 37.7 Å². The van der Waals surface area contributed by atoms with E-state index in [0.29, 0.717) is 6.54 Å². The molecule has 0 bridgehead atoms. The number of hydrogen-bond acceptors (Lipinski definition) is 2. The first-order valence-electron chi connectivity index (χ1n) is 7.71. The first-order chi connectivity index (χ1) is 10.2. The summed E-state index contributed by atoms with van der Waals surface area (Å²) in [7, 11) is 4.03. The van der Waals surface area contributed by atoms with Crippen molar-refractivity contribution in [3.8, 4) is 11.8 Å². The largest absolute Gasteiger partial charge is 0.378 e. The highest BCUT2D eigenvalue weighted by Crippen LogP contribution is 2.23. The predicted octanol–water partition coefficient (Wildman–Crippen LogP) is 2.80. The van der Waals surface area contributed by atoms with Gasteiger partial charge in [-0.05, 0) is 37.1 Å². The van der Waals surface area contributed by atoms with Crippen LogP contribution in [0.25, 0.3) is 0 Å². The fourth-order valence-corrected chi connectivity index (χ4v) is 2.63. The molecule has 3 nitrogen and oxygen atoms in total. The van der Waals surface area contributed by atoms with Gasteiger partial charge >= 0.3 is 0 Å². The lowest BCUT2D eigenvalue weighted by Crippen LogP contribution is -2.32. The smallest absolute Gasteiger partial charge is 0.223 e. The molecule has 0 heterocycles. The highest BCUT2D eigenvalue weighted by atomic mass is 16.1. The van der Waals surface area contributed by atoms with Gasteiger partial charge in [0.1, 0.15) is 0 Å². The highest BCUT2D eigenvalue weighted by Gasteiger charge is 2.19. The fraction of sp³-hybridized carbons (Fsp3) is 0.500. The summed E-state index contributed by atoms with van der Waals surface area (Å²) in [4.78, 5) is 14.0. The lowest BCUT2D eigenvalue weighted by molar-refractivity contribution is -0.125. The Balaban J connectivity index is 1.79. The molecule has 2 rings (SSSR count). The van der Waals surface area contributed by atoms with Crippen LogP contribution in [0, 0.1) is 17.8 Å². The van der Waals surface area contributed by atoms with E-state index in [2.05, 4.69) is 22.1 Å². The predicted molar refractivity (Wildman–Crippen MR) is 87.2 cm³/mol. The van der Waals surface area contributed by atoms with Crippen LogP contribution >= 0.6 is 0 Å². The summed E-state index contributed by atoms with van der Waals surface area (Å²) in [6.45, 7) is 0.435. The van der Waals surface area contributed by atoms with E-state index in [4.69, 9.17) is 0 Å². The number of carbonyl (C=O) groups excluding carboxylic acids is 1. The van der Waals surface area contributed by atoms with E-state index < -0.39 is 0 Å². The zero-order valence-corrected chi connectivity index (χ0v) is 13.0. The van der Waals surface area contributed by atoms with Gasteiger partial charge in [-0.1, -0.05) is 31.1 Å². The maximum absolute atomic E-state index is 11.9. The first kappa shape index (κ1) is 15.4. The van der Waals surface area contributed by atoms with Gasteiger partial charge in [0.25, 0.3) is 0 Å². The third-order valence-corrected chi connectivity index (χ3v) is 3.94. The minimum atomic E-state index is 0.173. The summed E-state index contributed by atoms with van der Waals surface area (Å²) < 4.78 is 0. The molecule has 0 unspecified atom stereocenters. The molecule has 0 radical (unpaired) electrons. The summed E-state index contributed by atoms with van der Waals surface area (Å²) in [5, 5.41) is 2.93. The topological polar surface area (TPSA) is 32.3 Å². The Morgan fingerprint density at radius 3 is 2.48 bits per heavy atom. The minimum Gasteiger partial charge on any atom is -0.378 e. The van der Waals surface area contributed by atoms with Crippen LogP contribution in [0.2, 0.25) is 0 Å². The maximum atomic E-state index is 11.9. The number of anilines is 1. The molecule has 1 saturated carbocycles. The third kappa shape index (κ3) is 4.82. The van der Waals surface area contributed by atoms with Crippen LogP contribution < -0.4 is 10.2 Å². The van der Waals surface area contributed by atoms with Crippen LogP contribution in [0.5, 0.6) is 0 Å². The van der Waals surface area contributed by atoms with E-state index in [1.54, 1.807) is 0 Å². The van der Waals surface area contributed by atoms with E-state index in [9.17, 15) is 4.79 Å². The Morgan fingerprint density at radius 1 is 1.19 bits per heavy atom. The second-order valence-corrected chi connectivity index (χ2v) is 5.80. The van der Waals surface area contributed by atoms with Crippen LogP contribution in [0.4, 0.5) is 5.69 Å². The molecule has 0 spiro atoms. The molecule has 112 valence electrons. The van der Waals surface area contributed by atoms with Gasteiger partial charge in [0.05, 0.1) is 6.54 Å². The number of rotatable bonds is 3. The summed E-state index contributed by atoms with van der Waals surface area (Å²) in [6.07, 6.45) is 5.70. The molecule has 1 aliphatic carbocycles. The number of amides is 1. The first-order valence-corrected chi connectivity index (χ1v) is 7.71. The average molecular weight is 284 g/mol. The molecular weight excluding hydrogens is 260 g/mol. The van der Waals surface area contributed by atoms with Gasteiger partial charge in [0, 0.05) is 31.3 Å². The highest BCUT2D eigenvalue weighted by molar-refractivity contribution is 5.78. The van der Waals surface area contributed by atoms with Crippen molar-refractivity contribution < 1.29 is 4.79 Å². The zero-order valence-electron chi connectivity index (χ0n) is 13.0. The Bertz CT molecular complexity index is 516. The van der Waals surface area contributed by atoms with Gasteiger partial charge in [0.15, 0.2) is 0 Å². The molecule has 0 saturated heterocycles. The second-order valence-electron chi connectivity index (χ2n) is 5.80. The molecule has 1 N–H and O–H groups in total. The number of carbonyl (C=O) groups is 1. The van der Waals surface area contributed by atoms with Crippen LogP contribution in [0.3, 0.4) is 0 Å². The van der Waals surface area contributed by atoms with Crippen molar-refractivity contribution >= 4 is 11.6 Å². The molecule has 1 amide bonds. The molecule has 0 aromatic heterocycles. The quantitative estimate of drug-likeness (QED) is 0.866. The van der Waals surface area contributed by atoms with Crippen molar-refractivity contribution in [2.75, 3.05) is 25.5 Å². The van der Waals surface area contributed by atoms with Crippen molar-refractivity contribution in [2.24, 2.45) is 5.92 Å². The summed E-state index contributed by atoms with van der Waals surface area (Å²) in [6, 6.07) is 8.10. The molecule has 1 aliphatic rings. The monoisotopic (exact) mass is 284 g/mol. The lowest BCUT2D eigenvalue weighted by atomic mass is 9.89. The number of hydrogen-bond donors (Lipinski definition) is 1. The second kappa shape index (κ2) is 7.73. The van der Waals surface area contributed by atoms with Crippen molar-refractivity contribution in [3.63, 3.8) is 0 Å². The molecule has 0 aliphatic heterocycles. The molecule has 1 aromatic carbocycles. The minimum absolute atomic E-state index is 0.173. The molecule has 3 heteroatoms. The van der Waals surface area contributed by atoms with Gasteiger partial charge in [-0.15, -0.1) is 0 Å². The number of nitrogens with one attached hydrogen (secondary N) is 1. The SMILES string of the molecule is CN(C)c1ccc(C#CCNC(=O)C2CCCCC2)cc1. The molecule has 1 aromatic rings. The fourth-order valence-electron chi connectivity index (χ4n) is 2.63. The number of benzene rings is 1. The van der Waals surface area contributed by atoms with E-state index in [1.807, 2.05) is 38.4 Å². The standard InChI is InChI=1S/C18H24N2O/c1-20(2)17-12-10-15(11-13-17)7-6-14-19-18(21)16-8-4-3-5-9-16/h10-13,16H,3-5,8-9,14H2,1-2H3,(H,19,21). The Kier molecular flexibility index (Phi) is 5.68. The van der Waals surface area contributed by atoms with Crippen LogP contribution in [-0.2, 0) is 4.79 Å². The van der Waals surface area contributed by atoms with E-state index in [-0.39, 0.29) is 11.8 Å². The maximum Gasteiger partial charge on any atom is 0.223 e. The molecule has 21 heavy (non-hydrogen) atoms. The van der Waals surface area contributed by atoms with Crippen molar-refractivity contribution in [1.29, 1.82) is 0 Å².